The van der Waals surface area contributed by atoms with E-state index in [1.165, 1.54) is 17.7 Å². The number of anilines is 5. The van der Waals surface area contributed by atoms with E-state index in [2.05, 4.69) is 25.6 Å². The topological polar surface area (TPSA) is 88.8 Å². The van der Waals surface area contributed by atoms with Crippen LogP contribution in [-0.4, -0.2) is 15.0 Å². The van der Waals surface area contributed by atoms with Crippen LogP contribution in [0.15, 0.2) is 36.1 Å². The molecule has 0 saturated heterocycles. The van der Waals surface area contributed by atoms with Crippen LogP contribution in [0.4, 0.5) is 41.3 Å². The van der Waals surface area contributed by atoms with Gasteiger partial charge in [0, 0.05) is 11.6 Å². The van der Waals surface area contributed by atoms with Crippen molar-refractivity contribution in [3.63, 3.8) is 0 Å². The summed E-state index contributed by atoms with van der Waals surface area (Å²) in [6, 6.07) is 2.93. The molecule has 0 bridgehead atoms. The number of benzene rings is 1. The van der Waals surface area contributed by atoms with E-state index >= 15 is 0 Å². The van der Waals surface area contributed by atoms with Crippen LogP contribution in [0.25, 0.3) is 0 Å². The Kier molecular flexibility index (Phi) is 4.64. The second-order valence-electron chi connectivity index (χ2n) is 4.76. The van der Waals surface area contributed by atoms with Crippen molar-refractivity contribution >= 4 is 51.1 Å². The molecule has 130 valence electrons. The van der Waals surface area contributed by atoms with Crippen LogP contribution in [0.2, 0.25) is 5.02 Å². The third kappa shape index (κ3) is 3.91. The summed E-state index contributed by atoms with van der Waals surface area (Å²) in [5, 5.41) is 8.04. The molecule has 2 heterocycles. The summed E-state index contributed by atoms with van der Waals surface area (Å²) in [6.45, 7) is 0. The molecule has 0 unspecified atom stereocenters. The van der Waals surface area contributed by atoms with E-state index in [-0.39, 0.29) is 28.0 Å². The number of aromatic nitrogens is 3. The zero-order valence-electron chi connectivity index (χ0n) is 12.3. The molecule has 3 rings (SSSR count). The molecule has 25 heavy (non-hydrogen) atoms. The zero-order valence-corrected chi connectivity index (χ0v) is 13.9. The summed E-state index contributed by atoms with van der Waals surface area (Å²) < 4.78 is 38.6. The van der Waals surface area contributed by atoms with Gasteiger partial charge in [0.05, 0.1) is 16.3 Å². The molecule has 0 aliphatic heterocycles. The maximum absolute atomic E-state index is 12.9. The van der Waals surface area contributed by atoms with E-state index in [1.54, 1.807) is 11.6 Å². The Hall–Kier alpha value is -2.59. The van der Waals surface area contributed by atoms with Gasteiger partial charge in [-0.1, -0.05) is 11.6 Å². The fraction of sp³-hybridized carbons (Fsp3) is 0.0714. The van der Waals surface area contributed by atoms with Gasteiger partial charge in [-0.15, -0.1) is 11.3 Å². The highest BCUT2D eigenvalue weighted by Crippen LogP contribution is 2.36. The number of hydrogen-bond donors (Lipinski definition) is 3. The third-order valence-electron chi connectivity index (χ3n) is 3.09. The molecule has 0 atom stereocenters. The number of thiazole rings is 1. The van der Waals surface area contributed by atoms with Crippen molar-refractivity contribution in [2.75, 3.05) is 16.4 Å². The first kappa shape index (κ1) is 17.2. The van der Waals surface area contributed by atoms with Crippen LogP contribution in [0.5, 0.6) is 0 Å². The van der Waals surface area contributed by atoms with Gasteiger partial charge in [0.25, 0.3) is 0 Å². The number of hydrogen-bond acceptors (Lipinski definition) is 7. The molecule has 3 aromatic rings. The second kappa shape index (κ2) is 6.73. The van der Waals surface area contributed by atoms with Crippen LogP contribution in [0.1, 0.15) is 5.56 Å². The van der Waals surface area contributed by atoms with E-state index in [1.807, 2.05) is 0 Å². The average molecular weight is 387 g/mol. The van der Waals surface area contributed by atoms with Crippen molar-refractivity contribution < 1.29 is 13.2 Å². The van der Waals surface area contributed by atoms with Gasteiger partial charge in [-0.25, -0.2) is 15.0 Å². The van der Waals surface area contributed by atoms with Crippen LogP contribution in [0.3, 0.4) is 0 Å². The first-order valence-electron chi connectivity index (χ1n) is 6.75. The van der Waals surface area contributed by atoms with E-state index in [0.717, 1.165) is 18.2 Å². The second-order valence-corrected chi connectivity index (χ2v) is 6.07. The Balaban J connectivity index is 1.91. The molecule has 0 aliphatic carbocycles. The Morgan fingerprint density at radius 1 is 1.08 bits per heavy atom. The number of nitrogen functional groups attached to an aromatic ring is 1. The Morgan fingerprint density at radius 2 is 1.80 bits per heavy atom. The fourth-order valence-corrected chi connectivity index (χ4v) is 2.60. The Labute approximate surface area is 148 Å². The van der Waals surface area contributed by atoms with E-state index in [4.69, 9.17) is 17.3 Å². The van der Waals surface area contributed by atoms with E-state index in [9.17, 15) is 13.2 Å². The molecule has 0 aliphatic rings. The van der Waals surface area contributed by atoms with Crippen LogP contribution in [0, 0.1) is 0 Å². The number of rotatable bonds is 4. The van der Waals surface area contributed by atoms with E-state index in [0.29, 0.717) is 5.13 Å². The molecular formula is C14H10ClF3N6S. The summed E-state index contributed by atoms with van der Waals surface area (Å²) in [6.07, 6.45) is -1.67. The van der Waals surface area contributed by atoms with Crippen molar-refractivity contribution in [3.05, 3.63) is 46.7 Å². The van der Waals surface area contributed by atoms with Crippen molar-refractivity contribution in [3.8, 4) is 0 Å². The molecule has 2 aromatic heterocycles. The SMILES string of the molecule is Nc1c(Nc2nccs2)ncnc1Nc1cc(C(F)(F)F)ccc1Cl. The predicted molar refractivity (Wildman–Crippen MR) is 91.6 cm³/mol. The van der Waals surface area contributed by atoms with Gasteiger partial charge in [-0.3, -0.25) is 0 Å². The van der Waals surface area contributed by atoms with Gasteiger partial charge >= 0.3 is 6.18 Å². The van der Waals surface area contributed by atoms with Crippen LogP contribution >= 0.6 is 22.9 Å². The number of alkyl halides is 3. The smallest absolute Gasteiger partial charge is 0.393 e. The monoisotopic (exact) mass is 386 g/mol. The highest BCUT2D eigenvalue weighted by atomic mass is 35.5. The normalized spacial score (nSPS) is 11.4. The van der Waals surface area contributed by atoms with Crippen molar-refractivity contribution in [2.45, 2.75) is 6.18 Å². The molecule has 0 fully saturated rings. The molecular weight excluding hydrogens is 377 g/mol. The third-order valence-corrected chi connectivity index (χ3v) is 4.11. The van der Waals surface area contributed by atoms with Gasteiger partial charge in [0.15, 0.2) is 16.8 Å². The Morgan fingerprint density at radius 3 is 2.44 bits per heavy atom. The minimum absolute atomic E-state index is 0.0297. The summed E-state index contributed by atoms with van der Waals surface area (Å²) in [5.74, 6) is 0.394. The van der Waals surface area contributed by atoms with Gasteiger partial charge < -0.3 is 16.4 Å². The first-order valence-corrected chi connectivity index (χ1v) is 8.01. The van der Waals surface area contributed by atoms with Crippen LogP contribution in [-0.2, 0) is 6.18 Å². The lowest BCUT2D eigenvalue weighted by atomic mass is 10.2. The maximum Gasteiger partial charge on any atom is 0.416 e. The zero-order chi connectivity index (χ0) is 18.0. The minimum Gasteiger partial charge on any atom is -0.393 e. The van der Waals surface area contributed by atoms with Gasteiger partial charge in [-0.2, -0.15) is 13.2 Å². The molecule has 6 nitrogen and oxygen atoms in total. The predicted octanol–water partition coefficient (Wildman–Crippen LogP) is 4.67. The molecule has 11 heteroatoms. The molecule has 4 N–H and O–H groups in total. The summed E-state index contributed by atoms with van der Waals surface area (Å²) in [4.78, 5) is 12.0. The number of nitrogens with zero attached hydrogens (tertiary/aromatic N) is 3. The fourth-order valence-electron chi connectivity index (χ4n) is 1.91. The van der Waals surface area contributed by atoms with Crippen molar-refractivity contribution in [1.29, 1.82) is 0 Å². The minimum atomic E-state index is -4.49. The largest absolute Gasteiger partial charge is 0.416 e. The number of nitrogens with one attached hydrogen (secondary N) is 2. The number of halogens is 4. The van der Waals surface area contributed by atoms with Gasteiger partial charge in [0.1, 0.15) is 12.0 Å². The molecule has 0 saturated carbocycles. The quantitative estimate of drug-likeness (QED) is 0.603. The van der Waals surface area contributed by atoms with Gasteiger partial charge in [0.2, 0.25) is 0 Å². The summed E-state index contributed by atoms with van der Waals surface area (Å²) in [7, 11) is 0. The lowest BCUT2D eigenvalue weighted by Crippen LogP contribution is -2.08. The van der Waals surface area contributed by atoms with Crippen molar-refractivity contribution in [2.24, 2.45) is 0 Å². The summed E-state index contributed by atoms with van der Waals surface area (Å²) >= 11 is 7.30. The van der Waals surface area contributed by atoms with Gasteiger partial charge in [-0.05, 0) is 18.2 Å². The Bertz CT molecular complexity index is 885. The molecule has 1 aromatic carbocycles. The van der Waals surface area contributed by atoms with Crippen LogP contribution < -0.4 is 16.4 Å². The molecule has 0 radical (unpaired) electrons. The molecule has 0 amide bonds. The number of nitrogens with two attached hydrogens (primary N) is 1. The highest BCUT2D eigenvalue weighted by molar-refractivity contribution is 7.13. The molecule has 0 spiro atoms. The highest BCUT2D eigenvalue weighted by Gasteiger charge is 2.31. The standard InChI is InChI=1S/C14H10ClF3N6S/c15-8-2-1-7(14(16,17)18)5-9(8)23-11-10(19)12(22-6-21-11)24-13-20-3-4-25-13/h1-6H,19H2,(H2,20,21,22,23,24). The lowest BCUT2D eigenvalue weighted by Gasteiger charge is -2.14. The van der Waals surface area contributed by atoms with E-state index < -0.39 is 11.7 Å². The first-order chi connectivity index (χ1) is 11.8. The average Bonchev–Trinajstić information content (AvgIpc) is 3.05. The maximum atomic E-state index is 12.9. The lowest BCUT2D eigenvalue weighted by molar-refractivity contribution is -0.137. The summed E-state index contributed by atoms with van der Waals surface area (Å²) in [5.41, 5.74) is 5.29. The van der Waals surface area contributed by atoms with Crippen molar-refractivity contribution in [1.82, 2.24) is 15.0 Å².